The summed E-state index contributed by atoms with van der Waals surface area (Å²) < 4.78 is 4.93. The zero-order valence-corrected chi connectivity index (χ0v) is 9.92. The van der Waals surface area contributed by atoms with Gasteiger partial charge in [0.15, 0.2) is 0 Å². The standard InChI is InChI=1S/C11H24N2O2/c1-3-10(12)9-11(14)13-7-5-4-6-8-15-2/h10H,3-9,12H2,1-2H3,(H,13,14). The van der Waals surface area contributed by atoms with E-state index in [1.54, 1.807) is 7.11 Å². The first-order valence-electron chi connectivity index (χ1n) is 5.72. The van der Waals surface area contributed by atoms with Crippen LogP contribution < -0.4 is 11.1 Å². The highest BCUT2D eigenvalue weighted by molar-refractivity contribution is 5.76. The lowest BCUT2D eigenvalue weighted by molar-refractivity contribution is -0.121. The molecule has 0 aliphatic heterocycles. The van der Waals surface area contributed by atoms with Crippen LogP contribution in [0, 0.1) is 0 Å². The lowest BCUT2D eigenvalue weighted by Crippen LogP contribution is -2.31. The van der Waals surface area contributed by atoms with Crippen molar-refractivity contribution >= 4 is 5.91 Å². The van der Waals surface area contributed by atoms with Crippen molar-refractivity contribution in [2.45, 2.75) is 45.1 Å². The van der Waals surface area contributed by atoms with Crippen LogP contribution in [0.15, 0.2) is 0 Å². The Hall–Kier alpha value is -0.610. The van der Waals surface area contributed by atoms with Crippen molar-refractivity contribution in [3.63, 3.8) is 0 Å². The molecule has 4 nitrogen and oxygen atoms in total. The number of rotatable bonds is 9. The van der Waals surface area contributed by atoms with Gasteiger partial charge in [0, 0.05) is 32.7 Å². The maximum absolute atomic E-state index is 11.3. The van der Waals surface area contributed by atoms with Crippen LogP contribution in [0.2, 0.25) is 0 Å². The molecule has 1 amide bonds. The summed E-state index contributed by atoms with van der Waals surface area (Å²) >= 11 is 0. The van der Waals surface area contributed by atoms with Gasteiger partial charge in [-0.15, -0.1) is 0 Å². The Balaban J connectivity index is 3.24. The van der Waals surface area contributed by atoms with Gasteiger partial charge in [0.1, 0.15) is 0 Å². The Morgan fingerprint density at radius 2 is 2.13 bits per heavy atom. The molecule has 0 rings (SSSR count). The molecule has 15 heavy (non-hydrogen) atoms. The minimum atomic E-state index is -0.00140. The molecule has 0 heterocycles. The van der Waals surface area contributed by atoms with E-state index in [0.717, 1.165) is 38.8 Å². The number of hydrogen-bond donors (Lipinski definition) is 2. The highest BCUT2D eigenvalue weighted by Gasteiger charge is 2.05. The van der Waals surface area contributed by atoms with Gasteiger partial charge in [-0.25, -0.2) is 0 Å². The minimum absolute atomic E-state index is 0.00140. The smallest absolute Gasteiger partial charge is 0.221 e. The van der Waals surface area contributed by atoms with Crippen LogP contribution >= 0.6 is 0 Å². The number of methoxy groups -OCH3 is 1. The fourth-order valence-corrected chi connectivity index (χ4v) is 1.23. The van der Waals surface area contributed by atoms with Gasteiger partial charge in [-0.2, -0.15) is 0 Å². The number of unbranched alkanes of at least 4 members (excludes halogenated alkanes) is 2. The van der Waals surface area contributed by atoms with E-state index in [1.807, 2.05) is 6.92 Å². The second kappa shape index (κ2) is 9.93. The maximum Gasteiger partial charge on any atom is 0.221 e. The quantitative estimate of drug-likeness (QED) is 0.566. The maximum atomic E-state index is 11.3. The van der Waals surface area contributed by atoms with Crippen molar-refractivity contribution < 1.29 is 9.53 Å². The summed E-state index contributed by atoms with van der Waals surface area (Å²) in [5.41, 5.74) is 5.67. The van der Waals surface area contributed by atoms with Crippen molar-refractivity contribution in [1.82, 2.24) is 5.32 Å². The van der Waals surface area contributed by atoms with Crippen molar-refractivity contribution in [3.8, 4) is 0 Å². The van der Waals surface area contributed by atoms with Crippen LogP contribution in [0.5, 0.6) is 0 Å². The number of carbonyl (C=O) groups is 1. The summed E-state index contributed by atoms with van der Waals surface area (Å²) in [6.45, 7) is 3.54. The van der Waals surface area contributed by atoms with Crippen molar-refractivity contribution in [3.05, 3.63) is 0 Å². The molecule has 0 saturated carbocycles. The molecule has 1 unspecified atom stereocenters. The Kier molecular flexibility index (Phi) is 9.52. The molecule has 0 fully saturated rings. The zero-order valence-electron chi connectivity index (χ0n) is 9.92. The van der Waals surface area contributed by atoms with Gasteiger partial charge in [0.2, 0.25) is 5.91 Å². The predicted octanol–water partition coefficient (Wildman–Crippen LogP) is 1.05. The summed E-state index contributed by atoms with van der Waals surface area (Å²) in [5.74, 6) is 0.0658. The van der Waals surface area contributed by atoms with Crippen LogP contribution in [0.4, 0.5) is 0 Å². The first-order chi connectivity index (χ1) is 7.20. The molecule has 0 spiro atoms. The van der Waals surface area contributed by atoms with Crippen LogP contribution in [-0.2, 0) is 9.53 Å². The molecule has 90 valence electrons. The van der Waals surface area contributed by atoms with E-state index in [2.05, 4.69) is 5.32 Å². The summed E-state index contributed by atoms with van der Waals surface area (Å²) in [4.78, 5) is 11.3. The van der Waals surface area contributed by atoms with E-state index in [0.29, 0.717) is 6.42 Å². The monoisotopic (exact) mass is 216 g/mol. The van der Waals surface area contributed by atoms with Gasteiger partial charge in [-0.1, -0.05) is 6.92 Å². The highest BCUT2D eigenvalue weighted by atomic mass is 16.5. The van der Waals surface area contributed by atoms with Crippen molar-refractivity contribution in [1.29, 1.82) is 0 Å². The fraction of sp³-hybridized carbons (Fsp3) is 0.909. The van der Waals surface area contributed by atoms with Gasteiger partial charge >= 0.3 is 0 Å². The molecule has 0 aromatic rings. The number of ether oxygens (including phenoxy) is 1. The van der Waals surface area contributed by atoms with Gasteiger partial charge < -0.3 is 15.8 Å². The third-order valence-electron chi connectivity index (χ3n) is 2.32. The minimum Gasteiger partial charge on any atom is -0.385 e. The molecule has 4 heteroatoms. The molecule has 1 atom stereocenters. The van der Waals surface area contributed by atoms with Gasteiger partial charge in [-0.05, 0) is 25.7 Å². The molecule has 0 aliphatic rings. The predicted molar refractivity (Wildman–Crippen MR) is 61.6 cm³/mol. The second-order valence-electron chi connectivity index (χ2n) is 3.78. The lowest BCUT2D eigenvalue weighted by Gasteiger charge is -2.09. The molecule has 0 radical (unpaired) electrons. The van der Waals surface area contributed by atoms with E-state index in [4.69, 9.17) is 10.5 Å². The van der Waals surface area contributed by atoms with E-state index in [-0.39, 0.29) is 11.9 Å². The Labute approximate surface area is 92.6 Å². The van der Waals surface area contributed by atoms with Gasteiger partial charge in [0.25, 0.3) is 0 Å². The number of carbonyl (C=O) groups excluding carboxylic acids is 1. The summed E-state index contributed by atoms with van der Waals surface area (Å²) in [7, 11) is 1.70. The molecule has 0 saturated heterocycles. The third kappa shape index (κ3) is 9.69. The molecular formula is C11H24N2O2. The topological polar surface area (TPSA) is 64.4 Å². The molecule has 0 aromatic heterocycles. The lowest BCUT2D eigenvalue weighted by atomic mass is 10.1. The van der Waals surface area contributed by atoms with Crippen LogP contribution in [-0.4, -0.2) is 32.2 Å². The van der Waals surface area contributed by atoms with E-state index < -0.39 is 0 Å². The van der Waals surface area contributed by atoms with Crippen molar-refractivity contribution in [2.75, 3.05) is 20.3 Å². The van der Waals surface area contributed by atoms with Gasteiger partial charge in [-0.3, -0.25) is 4.79 Å². The van der Waals surface area contributed by atoms with E-state index in [9.17, 15) is 4.79 Å². The van der Waals surface area contributed by atoms with Crippen molar-refractivity contribution in [2.24, 2.45) is 5.73 Å². The van der Waals surface area contributed by atoms with Crippen LogP contribution in [0.1, 0.15) is 39.0 Å². The fourth-order valence-electron chi connectivity index (χ4n) is 1.23. The summed E-state index contributed by atoms with van der Waals surface area (Å²) in [5, 5.41) is 2.87. The van der Waals surface area contributed by atoms with Crippen LogP contribution in [0.3, 0.4) is 0 Å². The largest absolute Gasteiger partial charge is 0.385 e. The Bertz CT molecular complexity index is 163. The number of nitrogens with two attached hydrogens (primary N) is 1. The average Bonchev–Trinajstić information content (AvgIpc) is 2.23. The normalized spacial score (nSPS) is 12.5. The third-order valence-corrected chi connectivity index (χ3v) is 2.32. The first-order valence-corrected chi connectivity index (χ1v) is 5.72. The molecule has 0 aliphatic carbocycles. The number of amides is 1. The Morgan fingerprint density at radius 1 is 1.40 bits per heavy atom. The average molecular weight is 216 g/mol. The summed E-state index contributed by atoms with van der Waals surface area (Å²) in [6.07, 6.45) is 4.45. The second-order valence-corrected chi connectivity index (χ2v) is 3.78. The zero-order chi connectivity index (χ0) is 11.5. The molecule has 3 N–H and O–H groups in total. The number of nitrogens with one attached hydrogen (secondary N) is 1. The van der Waals surface area contributed by atoms with Gasteiger partial charge in [0.05, 0.1) is 0 Å². The Morgan fingerprint density at radius 3 is 2.73 bits per heavy atom. The van der Waals surface area contributed by atoms with E-state index in [1.165, 1.54) is 0 Å². The molecule has 0 aromatic carbocycles. The first kappa shape index (κ1) is 14.4. The SMILES string of the molecule is CCC(N)CC(=O)NCCCCCOC. The highest BCUT2D eigenvalue weighted by Crippen LogP contribution is 1.96. The summed E-state index contributed by atoms with van der Waals surface area (Å²) in [6, 6.07) is -0.00140. The number of hydrogen-bond acceptors (Lipinski definition) is 3. The molecular weight excluding hydrogens is 192 g/mol. The van der Waals surface area contributed by atoms with Crippen LogP contribution in [0.25, 0.3) is 0 Å². The molecule has 0 bridgehead atoms. The van der Waals surface area contributed by atoms with E-state index >= 15 is 0 Å².